The topological polar surface area (TPSA) is 69.7 Å². The second kappa shape index (κ2) is 10.4. The van der Waals surface area contributed by atoms with Gasteiger partial charge in [-0.15, -0.1) is 0 Å². The van der Waals surface area contributed by atoms with Gasteiger partial charge in [-0.05, 0) is 51.7 Å². The highest BCUT2D eigenvalue weighted by atomic mass is 19.1. The number of carbonyl (C=O) groups is 3. The molecular formula is C24H33F2N3O3. The molecule has 0 radical (unpaired) electrons. The van der Waals surface area contributed by atoms with E-state index < -0.39 is 23.1 Å². The smallest absolute Gasteiger partial charge is 0.256 e. The van der Waals surface area contributed by atoms with Crippen LogP contribution in [0.2, 0.25) is 0 Å². The number of hydrogen-bond acceptors (Lipinski definition) is 3. The van der Waals surface area contributed by atoms with Gasteiger partial charge in [-0.3, -0.25) is 14.4 Å². The summed E-state index contributed by atoms with van der Waals surface area (Å²) in [5.41, 5.74) is -1.01. The Balaban J connectivity index is 1.63. The molecule has 2 aliphatic rings. The molecule has 0 bridgehead atoms. The number of carbonyl (C=O) groups excluding carboxylic acids is 3. The molecule has 0 spiro atoms. The van der Waals surface area contributed by atoms with Crippen molar-refractivity contribution >= 4 is 17.7 Å². The average Bonchev–Trinajstić information content (AvgIpc) is 2.80. The highest BCUT2D eigenvalue weighted by Crippen LogP contribution is 2.31. The number of rotatable bonds is 6. The summed E-state index contributed by atoms with van der Waals surface area (Å²) in [4.78, 5) is 42.3. The third-order valence-corrected chi connectivity index (χ3v) is 6.84. The van der Waals surface area contributed by atoms with Crippen LogP contribution in [0.3, 0.4) is 0 Å². The van der Waals surface area contributed by atoms with Crippen molar-refractivity contribution in [3.8, 4) is 0 Å². The molecule has 6 nitrogen and oxygen atoms in total. The molecule has 32 heavy (non-hydrogen) atoms. The Morgan fingerprint density at radius 3 is 2.25 bits per heavy atom. The van der Waals surface area contributed by atoms with Gasteiger partial charge in [0.2, 0.25) is 11.8 Å². The number of likely N-dealkylation sites (tertiary alicyclic amines) is 1. The van der Waals surface area contributed by atoms with E-state index in [9.17, 15) is 23.2 Å². The van der Waals surface area contributed by atoms with Crippen LogP contribution in [0, 0.1) is 17.6 Å². The highest BCUT2D eigenvalue weighted by Gasteiger charge is 2.44. The van der Waals surface area contributed by atoms with Gasteiger partial charge >= 0.3 is 0 Å². The Labute approximate surface area is 188 Å². The van der Waals surface area contributed by atoms with Crippen molar-refractivity contribution in [1.82, 2.24) is 15.1 Å². The molecule has 1 aliphatic heterocycles. The van der Waals surface area contributed by atoms with Crippen LogP contribution in [0.5, 0.6) is 0 Å². The molecule has 3 rings (SSSR count). The molecule has 1 heterocycles. The summed E-state index contributed by atoms with van der Waals surface area (Å²) >= 11 is 0. The first-order valence-electron chi connectivity index (χ1n) is 11.7. The van der Waals surface area contributed by atoms with Crippen LogP contribution in [0.1, 0.15) is 69.2 Å². The van der Waals surface area contributed by atoms with Crippen LogP contribution < -0.4 is 5.32 Å². The SMILES string of the molecule is CCN(CC)C(=O)C1(NC(=O)C2CCN(C(=O)c3ccc(F)cc3F)CC2)CCCCC1. The van der Waals surface area contributed by atoms with Gasteiger partial charge in [-0.2, -0.15) is 0 Å². The van der Waals surface area contributed by atoms with E-state index in [1.54, 1.807) is 4.90 Å². The van der Waals surface area contributed by atoms with Crippen LogP contribution in [-0.2, 0) is 9.59 Å². The fraction of sp³-hybridized carbons (Fsp3) is 0.625. The summed E-state index contributed by atoms with van der Waals surface area (Å²) in [6, 6.07) is 2.91. The van der Waals surface area contributed by atoms with Gasteiger partial charge in [-0.1, -0.05) is 19.3 Å². The van der Waals surface area contributed by atoms with Gasteiger partial charge in [0.25, 0.3) is 5.91 Å². The molecule has 3 amide bonds. The number of hydrogen-bond donors (Lipinski definition) is 1. The van der Waals surface area contributed by atoms with Gasteiger partial charge in [-0.25, -0.2) is 8.78 Å². The molecule has 0 unspecified atom stereocenters. The van der Waals surface area contributed by atoms with Crippen molar-refractivity contribution in [2.24, 2.45) is 5.92 Å². The van der Waals surface area contributed by atoms with Crippen molar-refractivity contribution in [1.29, 1.82) is 0 Å². The minimum absolute atomic E-state index is 0.00468. The Bertz CT molecular complexity index is 843. The molecule has 1 saturated heterocycles. The first-order chi connectivity index (χ1) is 15.3. The third kappa shape index (κ3) is 5.10. The number of likely N-dealkylation sites (N-methyl/N-ethyl adjacent to an activating group) is 1. The Morgan fingerprint density at radius 2 is 1.69 bits per heavy atom. The molecule has 1 aliphatic carbocycles. The van der Waals surface area contributed by atoms with Crippen LogP contribution in [-0.4, -0.2) is 59.2 Å². The van der Waals surface area contributed by atoms with Gasteiger partial charge in [0, 0.05) is 38.2 Å². The maximum Gasteiger partial charge on any atom is 0.256 e. The molecule has 1 saturated carbocycles. The van der Waals surface area contributed by atoms with Crippen molar-refractivity contribution in [3.05, 3.63) is 35.4 Å². The maximum atomic E-state index is 14.0. The molecule has 1 aromatic rings. The molecule has 2 fully saturated rings. The summed E-state index contributed by atoms with van der Waals surface area (Å²) in [6.07, 6.45) is 5.05. The Morgan fingerprint density at radius 1 is 1.06 bits per heavy atom. The van der Waals surface area contributed by atoms with E-state index in [2.05, 4.69) is 5.32 Å². The fourth-order valence-electron chi connectivity index (χ4n) is 4.88. The van der Waals surface area contributed by atoms with E-state index in [0.29, 0.717) is 57.9 Å². The number of halogens is 2. The van der Waals surface area contributed by atoms with Crippen LogP contribution in [0.4, 0.5) is 8.78 Å². The van der Waals surface area contributed by atoms with Gasteiger partial charge in [0.1, 0.15) is 17.2 Å². The lowest BCUT2D eigenvalue weighted by Crippen LogP contribution is -2.61. The Kier molecular flexibility index (Phi) is 7.85. The molecule has 176 valence electrons. The summed E-state index contributed by atoms with van der Waals surface area (Å²) in [7, 11) is 0. The minimum atomic E-state index is -0.885. The summed E-state index contributed by atoms with van der Waals surface area (Å²) < 4.78 is 27.1. The zero-order valence-electron chi connectivity index (χ0n) is 19.0. The first-order valence-corrected chi connectivity index (χ1v) is 11.7. The number of benzene rings is 1. The first kappa shape index (κ1) is 24.1. The molecule has 8 heteroatoms. The summed E-state index contributed by atoms with van der Waals surface area (Å²) in [5.74, 6) is -2.57. The molecule has 1 aromatic carbocycles. The zero-order valence-corrected chi connectivity index (χ0v) is 19.0. The molecular weight excluding hydrogens is 416 g/mol. The standard InChI is InChI=1S/C24H33F2N3O3/c1-3-28(4-2)23(32)24(12-6-5-7-13-24)27-21(30)17-10-14-29(15-11-17)22(31)19-9-8-18(25)16-20(19)26/h8-9,16-17H,3-7,10-15H2,1-2H3,(H,27,30). The van der Waals surface area contributed by atoms with Gasteiger partial charge in [0.05, 0.1) is 5.56 Å². The molecule has 0 atom stereocenters. The highest BCUT2D eigenvalue weighted by molar-refractivity contribution is 5.95. The Hall–Kier alpha value is -2.51. The minimum Gasteiger partial charge on any atom is -0.341 e. The maximum absolute atomic E-state index is 14.0. The fourth-order valence-corrected chi connectivity index (χ4v) is 4.88. The van der Waals surface area contributed by atoms with Crippen molar-refractivity contribution in [3.63, 3.8) is 0 Å². The number of piperidine rings is 1. The third-order valence-electron chi connectivity index (χ3n) is 6.84. The lowest BCUT2D eigenvalue weighted by atomic mass is 9.79. The summed E-state index contributed by atoms with van der Waals surface area (Å²) in [6.45, 7) is 5.71. The summed E-state index contributed by atoms with van der Waals surface area (Å²) in [5, 5.41) is 3.11. The second-order valence-corrected chi connectivity index (χ2v) is 8.80. The zero-order chi connectivity index (χ0) is 23.3. The van der Waals surface area contributed by atoms with E-state index in [0.717, 1.165) is 31.4 Å². The van der Waals surface area contributed by atoms with Crippen LogP contribution >= 0.6 is 0 Å². The normalized spacial score (nSPS) is 18.8. The van der Waals surface area contributed by atoms with Gasteiger partial charge < -0.3 is 15.1 Å². The van der Waals surface area contributed by atoms with Crippen molar-refractivity contribution in [2.75, 3.05) is 26.2 Å². The molecule has 0 aromatic heterocycles. The van der Waals surface area contributed by atoms with E-state index >= 15 is 0 Å². The number of nitrogens with zero attached hydrogens (tertiary/aromatic N) is 2. The van der Waals surface area contributed by atoms with Gasteiger partial charge in [0.15, 0.2) is 0 Å². The quantitative estimate of drug-likeness (QED) is 0.723. The van der Waals surface area contributed by atoms with E-state index in [-0.39, 0.29) is 23.3 Å². The molecule has 1 N–H and O–H groups in total. The van der Waals surface area contributed by atoms with E-state index in [1.807, 2.05) is 13.8 Å². The second-order valence-electron chi connectivity index (χ2n) is 8.80. The van der Waals surface area contributed by atoms with E-state index in [4.69, 9.17) is 0 Å². The number of amides is 3. The van der Waals surface area contributed by atoms with E-state index in [1.165, 1.54) is 4.90 Å². The predicted octanol–water partition coefficient (Wildman–Crippen LogP) is 3.50. The van der Waals surface area contributed by atoms with Crippen LogP contribution in [0.25, 0.3) is 0 Å². The largest absolute Gasteiger partial charge is 0.341 e. The van der Waals surface area contributed by atoms with Crippen molar-refractivity contribution in [2.45, 2.75) is 64.3 Å². The monoisotopic (exact) mass is 449 g/mol. The lowest BCUT2D eigenvalue weighted by Gasteiger charge is -2.41. The average molecular weight is 450 g/mol. The predicted molar refractivity (Wildman–Crippen MR) is 117 cm³/mol. The van der Waals surface area contributed by atoms with Crippen LogP contribution in [0.15, 0.2) is 18.2 Å². The lowest BCUT2D eigenvalue weighted by molar-refractivity contribution is -0.144. The number of nitrogens with one attached hydrogen (secondary N) is 1. The van der Waals surface area contributed by atoms with Crippen molar-refractivity contribution < 1.29 is 23.2 Å².